The number of hydrogen-bond acceptors (Lipinski definition) is 5. The van der Waals surface area contributed by atoms with Crippen molar-refractivity contribution in [1.82, 2.24) is 4.90 Å². The second-order valence-corrected chi connectivity index (χ2v) is 5.91. The third-order valence-corrected chi connectivity index (χ3v) is 4.01. The van der Waals surface area contributed by atoms with Crippen molar-refractivity contribution >= 4 is 17.9 Å². The highest BCUT2D eigenvalue weighted by atomic mass is 32.1. The van der Waals surface area contributed by atoms with E-state index in [-0.39, 0.29) is 5.43 Å². The lowest BCUT2D eigenvalue weighted by atomic mass is 9.96. The largest absolute Gasteiger partial charge is 0.378 e. The van der Waals surface area contributed by atoms with E-state index in [0.717, 1.165) is 37.5 Å². The van der Waals surface area contributed by atoms with Gasteiger partial charge in [0.2, 0.25) is 5.43 Å². The second-order valence-electron chi connectivity index (χ2n) is 5.51. The van der Waals surface area contributed by atoms with E-state index in [2.05, 4.69) is 32.7 Å². The summed E-state index contributed by atoms with van der Waals surface area (Å²) >= 11 is 5.13. The fourth-order valence-electron chi connectivity index (χ4n) is 2.11. The molecule has 1 aromatic carbocycles. The first-order valence-electron chi connectivity index (χ1n) is 7.20. The number of hydrogen-bond donors (Lipinski definition) is 0. The van der Waals surface area contributed by atoms with Crippen LogP contribution < -0.4 is 10.3 Å². The van der Waals surface area contributed by atoms with Crippen LogP contribution in [0, 0.1) is 4.51 Å². The standard InChI is InChI=1S/C15H26N2O2S/c1-6-16(4)7-9-19-10-8-17(5)13-12(11(2)3)15(20)14(13)18/h11H,6-10H2,1-5H3. The maximum absolute atomic E-state index is 11.8. The van der Waals surface area contributed by atoms with Crippen LogP contribution >= 0.6 is 12.2 Å². The minimum absolute atomic E-state index is 0.0110. The normalized spacial score (nSPS) is 11.8. The molecule has 20 heavy (non-hydrogen) atoms. The molecular formula is C15H26N2O2S. The maximum Gasteiger partial charge on any atom is 0.220 e. The molecule has 0 N–H and O–H groups in total. The van der Waals surface area contributed by atoms with Crippen LogP contribution in [-0.4, -0.2) is 51.8 Å². The van der Waals surface area contributed by atoms with Gasteiger partial charge in [0, 0.05) is 25.7 Å². The van der Waals surface area contributed by atoms with Crippen LogP contribution in [0.1, 0.15) is 32.3 Å². The lowest BCUT2D eigenvalue weighted by Gasteiger charge is -2.25. The van der Waals surface area contributed by atoms with Crippen LogP contribution in [0.2, 0.25) is 0 Å². The van der Waals surface area contributed by atoms with Crippen LogP contribution in [0.15, 0.2) is 4.79 Å². The van der Waals surface area contributed by atoms with Crippen LogP contribution in [0.25, 0.3) is 0 Å². The van der Waals surface area contributed by atoms with Crippen molar-refractivity contribution in [2.24, 2.45) is 0 Å². The van der Waals surface area contributed by atoms with Crippen LogP contribution in [0.4, 0.5) is 5.69 Å². The molecule has 0 aliphatic rings. The Morgan fingerprint density at radius 3 is 2.35 bits per heavy atom. The first kappa shape index (κ1) is 17.3. The third-order valence-electron chi connectivity index (χ3n) is 3.61. The lowest BCUT2D eigenvalue weighted by molar-refractivity contribution is 0.118. The minimum Gasteiger partial charge on any atom is -0.378 e. The fraction of sp³-hybridized carbons (Fsp3) is 0.733. The molecule has 4 nitrogen and oxygen atoms in total. The van der Waals surface area contributed by atoms with Crippen molar-refractivity contribution in [3.63, 3.8) is 0 Å². The number of rotatable bonds is 9. The Bertz CT molecular complexity index is 492. The molecule has 0 atom stereocenters. The van der Waals surface area contributed by atoms with E-state index < -0.39 is 0 Å². The smallest absolute Gasteiger partial charge is 0.220 e. The molecule has 0 saturated carbocycles. The van der Waals surface area contributed by atoms with E-state index in [1.807, 2.05) is 11.9 Å². The van der Waals surface area contributed by atoms with E-state index in [9.17, 15) is 4.79 Å². The zero-order chi connectivity index (χ0) is 15.3. The van der Waals surface area contributed by atoms with Crippen molar-refractivity contribution in [3.8, 4) is 0 Å². The lowest BCUT2D eigenvalue weighted by Crippen LogP contribution is -2.33. The molecule has 114 valence electrons. The first-order valence-corrected chi connectivity index (χ1v) is 7.61. The van der Waals surface area contributed by atoms with Gasteiger partial charge in [-0.15, -0.1) is 0 Å². The number of anilines is 1. The van der Waals surface area contributed by atoms with Crippen molar-refractivity contribution in [1.29, 1.82) is 0 Å². The topological polar surface area (TPSA) is 32.8 Å². The zero-order valence-corrected chi connectivity index (χ0v) is 14.0. The molecule has 0 fully saturated rings. The molecule has 5 heteroatoms. The predicted octanol–water partition coefficient (Wildman–Crippen LogP) is 2.18. The van der Waals surface area contributed by atoms with E-state index in [1.165, 1.54) is 0 Å². The summed E-state index contributed by atoms with van der Waals surface area (Å²) in [4.78, 5) is 16.0. The van der Waals surface area contributed by atoms with Gasteiger partial charge in [0.25, 0.3) is 0 Å². The predicted molar refractivity (Wildman–Crippen MR) is 87.3 cm³/mol. The quantitative estimate of drug-likeness (QED) is 0.515. The van der Waals surface area contributed by atoms with E-state index >= 15 is 0 Å². The molecule has 0 aliphatic heterocycles. The first-order chi connectivity index (χ1) is 9.40. The molecule has 0 saturated heterocycles. The second kappa shape index (κ2) is 7.86. The summed E-state index contributed by atoms with van der Waals surface area (Å²) in [5.74, 6) is 0.303. The van der Waals surface area contributed by atoms with Crippen LogP contribution in [-0.2, 0) is 4.74 Å². The van der Waals surface area contributed by atoms with Gasteiger partial charge in [-0.3, -0.25) is 4.79 Å². The highest BCUT2D eigenvalue weighted by Gasteiger charge is 2.22. The molecule has 0 unspecified atom stereocenters. The third kappa shape index (κ3) is 4.11. The number of nitrogens with zero attached hydrogens (tertiary/aromatic N) is 2. The number of ether oxygens (including phenoxy) is 1. The van der Waals surface area contributed by atoms with Crippen molar-refractivity contribution in [2.75, 3.05) is 51.8 Å². The summed E-state index contributed by atoms with van der Waals surface area (Å²) in [6, 6.07) is 0. The average molecular weight is 298 g/mol. The molecule has 1 rings (SSSR count). The zero-order valence-electron chi connectivity index (χ0n) is 13.2. The van der Waals surface area contributed by atoms with E-state index in [4.69, 9.17) is 17.0 Å². The van der Waals surface area contributed by atoms with Crippen molar-refractivity contribution < 1.29 is 4.74 Å². The van der Waals surface area contributed by atoms with E-state index in [1.54, 1.807) is 0 Å². The molecular weight excluding hydrogens is 272 g/mol. The van der Waals surface area contributed by atoms with Gasteiger partial charge in [-0.2, -0.15) is 0 Å². The maximum atomic E-state index is 11.8. The Balaban J connectivity index is 2.41. The van der Waals surface area contributed by atoms with Gasteiger partial charge in [0.15, 0.2) is 0 Å². The van der Waals surface area contributed by atoms with Crippen molar-refractivity contribution in [3.05, 3.63) is 20.3 Å². The summed E-state index contributed by atoms with van der Waals surface area (Å²) < 4.78 is 6.11. The van der Waals surface area contributed by atoms with Crippen molar-refractivity contribution in [2.45, 2.75) is 26.7 Å². The Morgan fingerprint density at radius 2 is 1.80 bits per heavy atom. The van der Waals surface area contributed by atoms with Crippen LogP contribution in [0.5, 0.6) is 0 Å². The highest BCUT2D eigenvalue weighted by Crippen LogP contribution is 2.27. The minimum atomic E-state index is 0.0110. The summed E-state index contributed by atoms with van der Waals surface area (Å²) in [6.45, 7) is 10.3. The van der Waals surface area contributed by atoms with Gasteiger partial charge in [-0.25, -0.2) is 0 Å². The summed E-state index contributed by atoms with van der Waals surface area (Å²) in [5, 5.41) is 0. The van der Waals surface area contributed by atoms with Gasteiger partial charge in [-0.05, 0) is 19.5 Å². The Morgan fingerprint density at radius 1 is 1.20 bits per heavy atom. The van der Waals surface area contributed by atoms with Gasteiger partial charge < -0.3 is 14.5 Å². The Labute approximate surface area is 127 Å². The number of likely N-dealkylation sites (N-methyl/N-ethyl adjacent to an activating group) is 2. The Kier molecular flexibility index (Phi) is 6.79. The summed E-state index contributed by atoms with van der Waals surface area (Å²) in [5.41, 5.74) is 1.81. The average Bonchev–Trinajstić information content (AvgIpc) is 2.41. The molecule has 0 spiro atoms. The van der Waals surface area contributed by atoms with Gasteiger partial charge in [0.05, 0.1) is 23.4 Å². The fourth-order valence-corrected chi connectivity index (χ4v) is 2.53. The SMILES string of the molecule is CCN(C)CCOCCN(C)c1c(C(C)C)c(=S)c1=O. The molecule has 0 radical (unpaired) electrons. The Hall–Kier alpha value is -0.780. The van der Waals surface area contributed by atoms with Gasteiger partial charge >= 0.3 is 0 Å². The molecule has 0 amide bonds. The summed E-state index contributed by atoms with van der Waals surface area (Å²) in [7, 11) is 4.00. The highest BCUT2D eigenvalue weighted by molar-refractivity contribution is 7.71. The van der Waals surface area contributed by atoms with E-state index in [0.29, 0.717) is 17.0 Å². The van der Waals surface area contributed by atoms with Gasteiger partial charge in [-0.1, -0.05) is 33.0 Å². The molecule has 1 aromatic rings. The van der Waals surface area contributed by atoms with Gasteiger partial charge in [0.1, 0.15) is 0 Å². The van der Waals surface area contributed by atoms with Crippen LogP contribution in [0.3, 0.4) is 0 Å². The monoisotopic (exact) mass is 298 g/mol. The molecule has 0 heterocycles. The summed E-state index contributed by atoms with van der Waals surface area (Å²) in [6.07, 6.45) is 0. The molecule has 0 aromatic heterocycles. The molecule has 0 bridgehead atoms. The molecule has 0 aliphatic carbocycles.